The molecule has 0 amide bonds. The minimum atomic E-state index is 0.0837. The van der Waals surface area contributed by atoms with Gasteiger partial charge >= 0.3 is 0 Å². The van der Waals surface area contributed by atoms with Crippen LogP contribution in [0, 0.1) is 0 Å². The Balaban J connectivity index is 1.19. The Morgan fingerprint density at radius 3 is 2.09 bits per heavy atom. The molecular formula is C28H30N4O. The number of hydrogen-bond acceptors (Lipinski definition) is 4. The molecule has 1 aliphatic rings. The van der Waals surface area contributed by atoms with Crippen LogP contribution in [0.25, 0.3) is 10.9 Å². The van der Waals surface area contributed by atoms with E-state index in [1.54, 1.807) is 6.33 Å². The zero-order chi connectivity index (χ0) is 22.5. The molecule has 1 aromatic heterocycles. The first-order valence-electron chi connectivity index (χ1n) is 11.9. The number of aromatic nitrogens is 2. The molecule has 33 heavy (non-hydrogen) atoms. The summed E-state index contributed by atoms with van der Waals surface area (Å²) in [6, 6.07) is 29.1. The van der Waals surface area contributed by atoms with Gasteiger partial charge in [0.05, 0.1) is 17.2 Å². The lowest BCUT2D eigenvalue weighted by Gasteiger charge is -2.33. The summed E-state index contributed by atoms with van der Waals surface area (Å²) < 4.78 is 1.85. The Kier molecular flexibility index (Phi) is 6.49. The van der Waals surface area contributed by atoms with Crippen LogP contribution in [-0.2, 0) is 0 Å². The van der Waals surface area contributed by atoms with Gasteiger partial charge in [-0.1, -0.05) is 48.5 Å². The third kappa shape index (κ3) is 4.83. The van der Waals surface area contributed by atoms with Crippen molar-refractivity contribution in [1.82, 2.24) is 14.5 Å². The maximum absolute atomic E-state index is 12.9. The number of anilines is 2. The lowest BCUT2D eigenvalue weighted by molar-refractivity contribution is 0.183. The Hall–Kier alpha value is -3.44. The van der Waals surface area contributed by atoms with Gasteiger partial charge in [-0.2, -0.15) is 0 Å². The van der Waals surface area contributed by atoms with Crippen molar-refractivity contribution in [2.75, 3.05) is 31.1 Å². The Bertz CT molecular complexity index is 1190. The molecule has 3 aromatic carbocycles. The third-order valence-corrected chi connectivity index (χ3v) is 6.63. The summed E-state index contributed by atoms with van der Waals surface area (Å²) in [5.41, 5.74) is 3.31. The summed E-state index contributed by atoms with van der Waals surface area (Å²) in [4.78, 5) is 22.4. The largest absolute Gasteiger partial charge is 0.341 e. The van der Waals surface area contributed by atoms with Gasteiger partial charge in [-0.05, 0) is 62.2 Å². The predicted molar refractivity (Wildman–Crippen MR) is 135 cm³/mol. The molecule has 0 N–H and O–H groups in total. The highest BCUT2D eigenvalue weighted by Gasteiger charge is 2.22. The predicted octanol–water partition coefficient (Wildman–Crippen LogP) is 5.26. The topological polar surface area (TPSA) is 41.4 Å². The van der Waals surface area contributed by atoms with Crippen molar-refractivity contribution in [1.29, 1.82) is 0 Å². The van der Waals surface area contributed by atoms with E-state index in [1.165, 1.54) is 11.4 Å². The van der Waals surface area contributed by atoms with E-state index in [4.69, 9.17) is 0 Å². The molecule has 5 nitrogen and oxygen atoms in total. The van der Waals surface area contributed by atoms with Crippen molar-refractivity contribution in [3.63, 3.8) is 0 Å². The highest BCUT2D eigenvalue weighted by atomic mass is 16.1. The molecule has 0 unspecified atom stereocenters. The van der Waals surface area contributed by atoms with Crippen molar-refractivity contribution < 1.29 is 0 Å². The van der Waals surface area contributed by atoms with Crippen molar-refractivity contribution in [3.05, 3.63) is 102 Å². The zero-order valence-electron chi connectivity index (χ0n) is 18.9. The molecule has 168 valence electrons. The molecule has 5 heteroatoms. The van der Waals surface area contributed by atoms with Crippen molar-refractivity contribution >= 4 is 22.3 Å². The molecule has 0 atom stereocenters. The summed E-state index contributed by atoms with van der Waals surface area (Å²) in [5.74, 6) is 0. The van der Waals surface area contributed by atoms with Gasteiger partial charge in [-0.15, -0.1) is 0 Å². The van der Waals surface area contributed by atoms with Crippen molar-refractivity contribution in [3.8, 4) is 0 Å². The van der Waals surface area contributed by atoms with Crippen LogP contribution in [0.4, 0.5) is 11.4 Å². The van der Waals surface area contributed by atoms with E-state index in [0.717, 1.165) is 51.0 Å². The quantitative estimate of drug-likeness (QED) is 0.395. The Morgan fingerprint density at radius 2 is 1.42 bits per heavy atom. The molecule has 1 aliphatic heterocycles. The van der Waals surface area contributed by atoms with Crippen LogP contribution < -0.4 is 10.5 Å². The smallest absolute Gasteiger partial charge is 0.261 e. The van der Waals surface area contributed by atoms with Gasteiger partial charge in [0.1, 0.15) is 0 Å². The van der Waals surface area contributed by atoms with Crippen LogP contribution in [-0.4, -0.2) is 40.6 Å². The highest BCUT2D eigenvalue weighted by molar-refractivity contribution is 5.76. The standard InChI is InChI=1S/C28H30N4O/c33-28-26-14-7-8-15-27(26)29-22-32(28)25-16-20-30(21-17-25)18-9-19-31(23-10-3-1-4-11-23)24-12-5-2-6-13-24/h1-8,10-15,22,25H,9,16-21H2. The maximum atomic E-state index is 12.9. The van der Waals surface area contributed by atoms with E-state index in [-0.39, 0.29) is 11.6 Å². The van der Waals surface area contributed by atoms with Crippen LogP contribution in [0.15, 0.2) is 96.1 Å². The first-order valence-corrected chi connectivity index (χ1v) is 11.9. The number of fused-ring (bicyclic) bond motifs is 1. The van der Waals surface area contributed by atoms with Crippen LogP contribution >= 0.6 is 0 Å². The number of piperidine rings is 1. The zero-order valence-corrected chi connectivity index (χ0v) is 18.9. The summed E-state index contributed by atoms with van der Waals surface area (Å²) in [7, 11) is 0. The number of rotatable bonds is 7. The molecule has 4 aromatic rings. The fraction of sp³-hybridized carbons (Fsp3) is 0.286. The van der Waals surface area contributed by atoms with Gasteiger partial charge in [0.25, 0.3) is 5.56 Å². The molecule has 0 spiro atoms. The van der Waals surface area contributed by atoms with Gasteiger partial charge in [0.2, 0.25) is 0 Å². The molecule has 5 rings (SSSR count). The lowest BCUT2D eigenvalue weighted by Crippen LogP contribution is -2.38. The third-order valence-electron chi connectivity index (χ3n) is 6.63. The minimum absolute atomic E-state index is 0.0837. The van der Waals surface area contributed by atoms with Crippen LogP contribution in [0.3, 0.4) is 0 Å². The fourth-order valence-electron chi connectivity index (χ4n) is 4.84. The van der Waals surface area contributed by atoms with Gasteiger partial charge in [0.15, 0.2) is 0 Å². The Labute approximate surface area is 194 Å². The summed E-state index contributed by atoms with van der Waals surface area (Å²) in [6.45, 7) is 4.07. The normalized spacial score (nSPS) is 15.0. The minimum Gasteiger partial charge on any atom is -0.341 e. The van der Waals surface area contributed by atoms with Gasteiger partial charge in [0, 0.05) is 37.1 Å². The maximum Gasteiger partial charge on any atom is 0.261 e. The number of benzene rings is 3. The fourth-order valence-corrected chi connectivity index (χ4v) is 4.84. The van der Waals surface area contributed by atoms with Crippen LogP contribution in [0.1, 0.15) is 25.3 Å². The van der Waals surface area contributed by atoms with Gasteiger partial charge < -0.3 is 9.80 Å². The second-order valence-corrected chi connectivity index (χ2v) is 8.72. The average Bonchev–Trinajstić information content (AvgIpc) is 2.89. The average molecular weight is 439 g/mol. The summed E-state index contributed by atoms with van der Waals surface area (Å²) >= 11 is 0. The molecule has 0 bridgehead atoms. The van der Waals surface area contributed by atoms with Crippen molar-refractivity contribution in [2.45, 2.75) is 25.3 Å². The van der Waals surface area contributed by atoms with Crippen LogP contribution in [0.5, 0.6) is 0 Å². The molecule has 2 heterocycles. The number of para-hydroxylation sites is 3. The first-order chi connectivity index (χ1) is 16.3. The second kappa shape index (κ2) is 10.0. The monoisotopic (exact) mass is 438 g/mol. The summed E-state index contributed by atoms with van der Waals surface area (Å²) in [5, 5.41) is 0.712. The van der Waals surface area contributed by atoms with E-state index in [0.29, 0.717) is 5.39 Å². The van der Waals surface area contributed by atoms with E-state index in [1.807, 2.05) is 28.8 Å². The lowest BCUT2D eigenvalue weighted by atomic mass is 10.0. The number of hydrogen-bond donors (Lipinski definition) is 0. The van der Waals surface area contributed by atoms with E-state index >= 15 is 0 Å². The molecular weight excluding hydrogens is 408 g/mol. The van der Waals surface area contributed by atoms with Crippen molar-refractivity contribution in [2.24, 2.45) is 0 Å². The van der Waals surface area contributed by atoms with Crippen LogP contribution in [0.2, 0.25) is 0 Å². The number of likely N-dealkylation sites (tertiary alicyclic amines) is 1. The molecule has 0 aliphatic carbocycles. The molecule has 0 radical (unpaired) electrons. The van der Waals surface area contributed by atoms with Gasteiger partial charge in [-0.25, -0.2) is 4.98 Å². The molecule has 0 saturated carbocycles. The molecule has 1 saturated heterocycles. The van der Waals surface area contributed by atoms with E-state index in [2.05, 4.69) is 75.4 Å². The highest BCUT2D eigenvalue weighted by Crippen LogP contribution is 2.26. The first kappa shape index (κ1) is 21.4. The van der Waals surface area contributed by atoms with Gasteiger partial charge in [-0.3, -0.25) is 9.36 Å². The number of nitrogens with zero attached hydrogens (tertiary/aromatic N) is 4. The van der Waals surface area contributed by atoms with E-state index in [9.17, 15) is 4.79 Å². The second-order valence-electron chi connectivity index (χ2n) is 8.72. The SMILES string of the molecule is O=c1c2ccccc2ncn1C1CCN(CCCN(c2ccccc2)c2ccccc2)CC1. The molecule has 1 fully saturated rings. The Morgan fingerprint density at radius 1 is 0.818 bits per heavy atom. The summed E-state index contributed by atoms with van der Waals surface area (Å²) in [6.07, 6.45) is 4.80. The van der Waals surface area contributed by atoms with E-state index < -0.39 is 0 Å².